The van der Waals surface area contributed by atoms with Gasteiger partial charge in [0.15, 0.2) is 0 Å². The first kappa shape index (κ1) is 7.28. The number of hydrogen-bond acceptors (Lipinski definition) is 2. The molecule has 0 radical (unpaired) electrons. The topological polar surface area (TPSA) is 17.1 Å². The van der Waals surface area contributed by atoms with Gasteiger partial charge in [0, 0.05) is 5.56 Å². The number of halogens is 1. The molecule has 3 heteroatoms. The van der Waals surface area contributed by atoms with Gasteiger partial charge < -0.3 is 0 Å². The fourth-order valence-electron chi connectivity index (χ4n) is 0.619. The van der Waals surface area contributed by atoms with Crippen molar-refractivity contribution < 1.29 is 8.68 Å². The molecule has 10 heavy (non-hydrogen) atoms. The maximum atomic E-state index is 11.6. The van der Waals surface area contributed by atoms with Gasteiger partial charge >= 0.3 is 0 Å². The molecule has 0 saturated heterocycles. The van der Waals surface area contributed by atoms with Gasteiger partial charge in [0.05, 0.1) is 0 Å². The maximum absolute atomic E-state index is 11.6. The Morgan fingerprint density at radius 2 is 1.90 bits per heavy atom. The summed E-state index contributed by atoms with van der Waals surface area (Å²) in [4.78, 5) is 10.6. The summed E-state index contributed by atoms with van der Waals surface area (Å²) in [5.74, 6) is 0. The molecule has 1 aromatic carbocycles. The van der Waals surface area contributed by atoms with Crippen molar-refractivity contribution in [3.63, 3.8) is 0 Å². The van der Waals surface area contributed by atoms with E-state index in [9.17, 15) is 8.68 Å². The predicted octanol–water partition coefficient (Wildman–Crippen LogP) is 2.44. The molecule has 0 spiro atoms. The van der Waals surface area contributed by atoms with Crippen LogP contribution in [0, 0.1) is 0 Å². The van der Waals surface area contributed by atoms with Crippen LogP contribution in [0.4, 0.5) is 3.89 Å². The smallest absolute Gasteiger partial charge is 0.251 e. The first-order chi connectivity index (χ1) is 4.84. The van der Waals surface area contributed by atoms with Crippen LogP contribution in [-0.4, -0.2) is 5.12 Å². The summed E-state index contributed by atoms with van der Waals surface area (Å²) in [5.41, 5.74) is 0.398. The Hall–Kier alpha value is -0.830. The van der Waals surface area contributed by atoms with Crippen molar-refractivity contribution in [2.45, 2.75) is 0 Å². The number of benzene rings is 1. The summed E-state index contributed by atoms with van der Waals surface area (Å²) in [6.45, 7) is 0. The molecule has 0 atom stereocenters. The summed E-state index contributed by atoms with van der Waals surface area (Å²) in [6.07, 6.45) is 0. The molecule has 1 aromatic rings. The molecule has 1 rings (SSSR count). The summed E-state index contributed by atoms with van der Waals surface area (Å²) < 4.78 is 11.6. The van der Waals surface area contributed by atoms with E-state index in [4.69, 9.17) is 0 Å². The Morgan fingerprint density at radius 1 is 1.30 bits per heavy atom. The third-order valence-corrected chi connectivity index (χ3v) is 1.46. The van der Waals surface area contributed by atoms with Gasteiger partial charge in [0.1, 0.15) is 12.1 Å². The zero-order valence-corrected chi connectivity index (χ0v) is 5.90. The monoisotopic (exact) mass is 156 g/mol. The highest BCUT2D eigenvalue weighted by molar-refractivity contribution is 8.09. The summed E-state index contributed by atoms with van der Waals surface area (Å²) in [5, 5.41) is -0.541. The van der Waals surface area contributed by atoms with E-state index in [0.29, 0.717) is 5.56 Å². The Morgan fingerprint density at radius 3 is 2.40 bits per heavy atom. The van der Waals surface area contributed by atoms with Gasteiger partial charge in [-0.2, -0.15) is 3.89 Å². The van der Waals surface area contributed by atoms with Gasteiger partial charge in [-0.05, 0) is 0 Å². The van der Waals surface area contributed by atoms with E-state index < -0.39 is 5.12 Å². The minimum Gasteiger partial charge on any atom is -0.279 e. The summed E-state index contributed by atoms with van der Waals surface area (Å²) in [7, 11) is 0. The summed E-state index contributed by atoms with van der Waals surface area (Å²) >= 11 is -0.261. The fraction of sp³-hybridized carbons (Fsp3) is 0. The molecule has 0 fully saturated rings. The van der Waals surface area contributed by atoms with E-state index in [0.717, 1.165) is 0 Å². The number of carbonyl (C=O) groups is 1. The van der Waals surface area contributed by atoms with Crippen LogP contribution >= 0.6 is 12.1 Å². The van der Waals surface area contributed by atoms with Crippen LogP contribution < -0.4 is 0 Å². The van der Waals surface area contributed by atoms with Crippen LogP contribution in [0.1, 0.15) is 10.4 Å². The third kappa shape index (κ3) is 1.57. The molecule has 0 saturated carbocycles. The number of rotatable bonds is 1. The molecule has 0 aliphatic heterocycles. The minimum absolute atomic E-state index is 0.261. The second-order valence-corrected chi connectivity index (χ2v) is 2.26. The number of carbonyl (C=O) groups excluding carboxylic acids is 1. The second-order valence-electron chi connectivity index (χ2n) is 1.73. The molecule has 0 N–H and O–H groups in total. The van der Waals surface area contributed by atoms with Crippen LogP contribution in [0.3, 0.4) is 0 Å². The van der Waals surface area contributed by atoms with Gasteiger partial charge in [-0.1, -0.05) is 30.3 Å². The van der Waals surface area contributed by atoms with Crippen molar-refractivity contribution in [3.8, 4) is 0 Å². The van der Waals surface area contributed by atoms with E-state index in [1.54, 1.807) is 30.3 Å². The van der Waals surface area contributed by atoms with Crippen LogP contribution in [0.5, 0.6) is 0 Å². The van der Waals surface area contributed by atoms with Crippen molar-refractivity contribution in [1.82, 2.24) is 0 Å². The molecule has 52 valence electrons. The lowest BCUT2D eigenvalue weighted by Crippen LogP contribution is -1.88. The fourth-order valence-corrected chi connectivity index (χ4v) is 0.844. The molecular formula is C7H5FOS. The highest BCUT2D eigenvalue weighted by Gasteiger charge is 2.03. The van der Waals surface area contributed by atoms with Crippen LogP contribution in [0.2, 0.25) is 0 Å². The molecule has 0 heterocycles. The quantitative estimate of drug-likeness (QED) is 0.621. The Balaban J connectivity index is 2.85. The number of hydrogen-bond donors (Lipinski definition) is 0. The van der Waals surface area contributed by atoms with Crippen LogP contribution in [0.25, 0.3) is 0 Å². The average molecular weight is 156 g/mol. The molecule has 0 unspecified atom stereocenters. The maximum Gasteiger partial charge on any atom is 0.251 e. The van der Waals surface area contributed by atoms with Gasteiger partial charge in [0.25, 0.3) is 5.12 Å². The second kappa shape index (κ2) is 3.37. The van der Waals surface area contributed by atoms with E-state index in [-0.39, 0.29) is 12.1 Å². The Kier molecular flexibility index (Phi) is 2.45. The van der Waals surface area contributed by atoms with E-state index in [1.807, 2.05) is 0 Å². The SMILES string of the molecule is O=C(SF)c1ccccc1. The molecule has 0 amide bonds. The minimum atomic E-state index is -0.541. The van der Waals surface area contributed by atoms with Crippen LogP contribution in [-0.2, 0) is 0 Å². The molecule has 0 aromatic heterocycles. The molecule has 1 nitrogen and oxygen atoms in total. The lowest BCUT2D eigenvalue weighted by atomic mass is 10.2. The molecule has 0 bridgehead atoms. The molecule has 0 aliphatic rings. The zero-order valence-electron chi connectivity index (χ0n) is 5.08. The van der Waals surface area contributed by atoms with Crippen molar-refractivity contribution in [2.24, 2.45) is 0 Å². The normalized spacial score (nSPS) is 9.30. The highest BCUT2D eigenvalue weighted by Crippen LogP contribution is 2.11. The van der Waals surface area contributed by atoms with Crippen molar-refractivity contribution >= 4 is 17.3 Å². The zero-order chi connectivity index (χ0) is 7.40. The van der Waals surface area contributed by atoms with Gasteiger partial charge in [-0.15, -0.1) is 0 Å². The van der Waals surface area contributed by atoms with Gasteiger partial charge in [-0.25, -0.2) is 0 Å². The van der Waals surface area contributed by atoms with Crippen molar-refractivity contribution in [2.75, 3.05) is 0 Å². The van der Waals surface area contributed by atoms with Gasteiger partial charge in [0.2, 0.25) is 0 Å². The van der Waals surface area contributed by atoms with Crippen molar-refractivity contribution in [3.05, 3.63) is 35.9 Å². The largest absolute Gasteiger partial charge is 0.279 e. The lowest BCUT2D eigenvalue weighted by molar-refractivity contribution is 0.108. The first-order valence-electron chi connectivity index (χ1n) is 2.72. The standard InChI is InChI=1S/C7H5FOS/c8-10-7(9)6-4-2-1-3-5-6/h1-5H. The third-order valence-electron chi connectivity index (χ3n) is 1.08. The lowest BCUT2D eigenvalue weighted by Gasteiger charge is -1.90. The predicted molar refractivity (Wildman–Crippen MR) is 39.5 cm³/mol. The van der Waals surface area contributed by atoms with Crippen molar-refractivity contribution in [1.29, 1.82) is 0 Å². The van der Waals surface area contributed by atoms with E-state index >= 15 is 0 Å². The molecular weight excluding hydrogens is 151 g/mol. The highest BCUT2D eigenvalue weighted by atomic mass is 32.2. The van der Waals surface area contributed by atoms with Gasteiger partial charge in [-0.3, -0.25) is 4.79 Å². The Labute approximate surface area is 62.5 Å². The Bertz CT molecular complexity index is 222. The average Bonchev–Trinajstić information content (AvgIpc) is 2.05. The first-order valence-corrected chi connectivity index (χ1v) is 3.44. The summed E-state index contributed by atoms with van der Waals surface area (Å²) in [6, 6.07) is 8.33. The van der Waals surface area contributed by atoms with E-state index in [1.165, 1.54) is 0 Å². The molecule has 0 aliphatic carbocycles. The van der Waals surface area contributed by atoms with E-state index in [2.05, 4.69) is 0 Å². The van der Waals surface area contributed by atoms with Crippen LogP contribution in [0.15, 0.2) is 30.3 Å².